The Hall–Kier alpha value is -2.93. The van der Waals surface area contributed by atoms with E-state index in [1.54, 1.807) is 10.9 Å². The minimum atomic E-state index is 0.104. The molecule has 0 fully saturated rings. The summed E-state index contributed by atoms with van der Waals surface area (Å²) in [5.41, 5.74) is 10.3. The van der Waals surface area contributed by atoms with Gasteiger partial charge in [-0.05, 0) is 43.4 Å². The van der Waals surface area contributed by atoms with Gasteiger partial charge < -0.3 is 10.2 Å². The van der Waals surface area contributed by atoms with Crippen molar-refractivity contribution in [3.63, 3.8) is 0 Å². The van der Waals surface area contributed by atoms with E-state index in [9.17, 15) is 0 Å². The van der Waals surface area contributed by atoms with E-state index < -0.39 is 0 Å². The van der Waals surface area contributed by atoms with Gasteiger partial charge in [0.05, 0.1) is 11.9 Å². The molecule has 2 aromatic heterocycles. The topological polar surface area (TPSA) is 81.4 Å². The van der Waals surface area contributed by atoms with Crippen molar-refractivity contribution in [2.45, 2.75) is 6.92 Å². The van der Waals surface area contributed by atoms with E-state index in [2.05, 4.69) is 15.6 Å². The number of hydrazone groups is 1. The first-order valence-electron chi connectivity index (χ1n) is 6.94. The summed E-state index contributed by atoms with van der Waals surface area (Å²) in [6.45, 7) is 1.89. The normalized spacial score (nSPS) is 11.0. The summed E-state index contributed by atoms with van der Waals surface area (Å²) < 4.78 is 7.45. The number of rotatable bonds is 4. The number of para-hydroxylation sites is 1. The maximum Gasteiger partial charge on any atom is 0.184 e. The van der Waals surface area contributed by atoms with E-state index in [1.807, 2.05) is 55.6 Å². The van der Waals surface area contributed by atoms with Crippen molar-refractivity contribution >= 4 is 23.5 Å². The van der Waals surface area contributed by atoms with E-state index >= 15 is 0 Å². The quantitative estimate of drug-likeness (QED) is 0.438. The highest BCUT2D eigenvalue weighted by atomic mass is 32.1. The van der Waals surface area contributed by atoms with E-state index in [-0.39, 0.29) is 5.11 Å². The molecule has 23 heavy (non-hydrogen) atoms. The molecule has 0 unspecified atom stereocenters. The van der Waals surface area contributed by atoms with Gasteiger partial charge in [-0.15, -0.1) is 0 Å². The zero-order valence-corrected chi connectivity index (χ0v) is 13.2. The Balaban J connectivity index is 2.03. The van der Waals surface area contributed by atoms with Crippen LogP contribution in [-0.4, -0.2) is 21.1 Å². The van der Waals surface area contributed by atoms with Crippen LogP contribution in [-0.2, 0) is 0 Å². The Labute approximate surface area is 138 Å². The highest BCUT2D eigenvalue weighted by molar-refractivity contribution is 7.80. The molecule has 0 radical (unpaired) electrons. The van der Waals surface area contributed by atoms with Gasteiger partial charge in [0.1, 0.15) is 11.5 Å². The van der Waals surface area contributed by atoms with Crippen molar-refractivity contribution in [2.24, 2.45) is 10.8 Å². The molecule has 7 heteroatoms. The molecule has 0 aliphatic carbocycles. The fraction of sp³-hybridized carbons (Fsp3) is 0.0625. The number of nitrogens with zero attached hydrogens (tertiary/aromatic N) is 3. The molecule has 0 bridgehead atoms. The van der Waals surface area contributed by atoms with Crippen molar-refractivity contribution in [3.8, 4) is 17.1 Å². The average molecular weight is 325 g/mol. The largest absolute Gasteiger partial charge is 0.460 e. The van der Waals surface area contributed by atoms with Gasteiger partial charge in [-0.3, -0.25) is 5.43 Å². The number of benzene rings is 1. The number of thiocarbonyl (C=S) groups is 1. The van der Waals surface area contributed by atoms with Crippen LogP contribution in [0.25, 0.3) is 17.1 Å². The summed E-state index contributed by atoms with van der Waals surface area (Å²) in [5.74, 6) is 1.49. The molecule has 3 aromatic rings. The van der Waals surface area contributed by atoms with Crippen LogP contribution >= 0.6 is 12.2 Å². The highest BCUT2D eigenvalue weighted by Gasteiger charge is 2.14. The molecule has 3 rings (SSSR count). The Morgan fingerprint density at radius 3 is 2.74 bits per heavy atom. The van der Waals surface area contributed by atoms with Crippen molar-refractivity contribution < 1.29 is 4.42 Å². The second-order valence-electron chi connectivity index (χ2n) is 4.86. The number of aromatic nitrogens is 2. The molecule has 0 aliphatic heterocycles. The Kier molecular flexibility index (Phi) is 4.20. The highest BCUT2D eigenvalue weighted by Crippen LogP contribution is 2.24. The van der Waals surface area contributed by atoms with Crippen LogP contribution in [0.1, 0.15) is 11.3 Å². The van der Waals surface area contributed by atoms with Gasteiger partial charge in [-0.25, -0.2) is 4.68 Å². The molecule has 0 aliphatic rings. The summed E-state index contributed by atoms with van der Waals surface area (Å²) in [6.07, 6.45) is 3.48. The lowest BCUT2D eigenvalue weighted by Crippen LogP contribution is -2.23. The maximum absolute atomic E-state index is 5.68. The third kappa shape index (κ3) is 3.46. The third-order valence-corrected chi connectivity index (χ3v) is 3.21. The van der Waals surface area contributed by atoms with Gasteiger partial charge >= 0.3 is 0 Å². The lowest BCUT2D eigenvalue weighted by Gasteiger charge is -1.98. The minimum Gasteiger partial charge on any atom is -0.460 e. The van der Waals surface area contributed by atoms with Gasteiger partial charge in [0.15, 0.2) is 10.9 Å². The molecule has 1 aromatic carbocycles. The standard InChI is InChI=1S/C16H15N5OS/c1-11-7-8-14(22-11)15-12(9-18-19-16(17)23)10-21(20-15)13-5-3-2-4-6-13/h2-10H,1H3,(H3,17,19,23). The number of nitrogens with two attached hydrogens (primary N) is 1. The zero-order chi connectivity index (χ0) is 16.2. The van der Waals surface area contributed by atoms with E-state index in [0.717, 1.165) is 17.0 Å². The molecule has 116 valence electrons. The van der Waals surface area contributed by atoms with Crippen LogP contribution in [0.3, 0.4) is 0 Å². The maximum atomic E-state index is 5.68. The first-order valence-corrected chi connectivity index (χ1v) is 7.35. The van der Waals surface area contributed by atoms with Gasteiger partial charge in [0, 0.05) is 11.8 Å². The average Bonchev–Trinajstić information content (AvgIpc) is 3.14. The number of furan rings is 1. The van der Waals surface area contributed by atoms with Crippen molar-refractivity contribution in [1.82, 2.24) is 15.2 Å². The van der Waals surface area contributed by atoms with Gasteiger partial charge in [0.2, 0.25) is 0 Å². The van der Waals surface area contributed by atoms with Crippen LogP contribution in [0.15, 0.2) is 58.2 Å². The fourth-order valence-electron chi connectivity index (χ4n) is 2.11. The van der Waals surface area contributed by atoms with E-state index in [4.69, 9.17) is 22.4 Å². The van der Waals surface area contributed by atoms with Crippen molar-refractivity contribution in [3.05, 3.63) is 60.0 Å². The van der Waals surface area contributed by atoms with Crippen LogP contribution in [0, 0.1) is 6.92 Å². The van der Waals surface area contributed by atoms with E-state index in [1.165, 1.54) is 0 Å². The molecule has 6 nitrogen and oxygen atoms in total. The smallest absolute Gasteiger partial charge is 0.184 e. The second kappa shape index (κ2) is 6.45. The first kappa shape index (κ1) is 15.0. The van der Waals surface area contributed by atoms with E-state index in [0.29, 0.717) is 11.5 Å². The molecule has 0 amide bonds. The molecule has 0 saturated carbocycles. The minimum absolute atomic E-state index is 0.104. The third-order valence-electron chi connectivity index (χ3n) is 3.12. The number of hydrogen-bond acceptors (Lipinski definition) is 4. The first-order chi connectivity index (χ1) is 11.1. The van der Waals surface area contributed by atoms with Crippen LogP contribution in [0.2, 0.25) is 0 Å². The Morgan fingerprint density at radius 2 is 2.09 bits per heavy atom. The zero-order valence-electron chi connectivity index (χ0n) is 12.4. The molecule has 0 saturated heterocycles. The summed E-state index contributed by atoms with van der Waals surface area (Å²) in [4.78, 5) is 0. The number of nitrogens with one attached hydrogen (secondary N) is 1. The molecule has 3 N–H and O–H groups in total. The summed E-state index contributed by atoms with van der Waals surface area (Å²) in [5, 5.41) is 8.71. The lowest BCUT2D eigenvalue weighted by molar-refractivity contribution is 0.545. The van der Waals surface area contributed by atoms with Crippen LogP contribution in [0.4, 0.5) is 0 Å². The molecular formula is C16H15N5OS. The van der Waals surface area contributed by atoms with Gasteiger partial charge in [-0.1, -0.05) is 18.2 Å². The second-order valence-corrected chi connectivity index (χ2v) is 5.30. The number of aryl methyl sites for hydroxylation is 1. The molecular weight excluding hydrogens is 310 g/mol. The predicted molar refractivity (Wildman–Crippen MR) is 93.5 cm³/mol. The predicted octanol–water partition coefficient (Wildman–Crippen LogP) is 2.61. The van der Waals surface area contributed by atoms with Crippen LogP contribution in [0.5, 0.6) is 0 Å². The monoisotopic (exact) mass is 325 g/mol. The SMILES string of the molecule is Cc1ccc(-c2nn(-c3ccccc3)cc2C=NNC(N)=S)o1. The summed E-state index contributed by atoms with van der Waals surface area (Å²) >= 11 is 4.74. The van der Waals surface area contributed by atoms with Gasteiger partial charge in [0.25, 0.3) is 0 Å². The Morgan fingerprint density at radius 1 is 1.30 bits per heavy atom. The Bertz CT molecular complexity index is 850. The molecule has 0 spiro atoms. The lowest BCUT2D eigenvalue weighted by atomic mass is 10.2. The van der Waals surface area contributed by atoms with Gasteiger partial charge in [-0.2, -0.15) is 10.2 Å². The van der Waals surface area contributed by atoms with Crippen molar-refractivity contribution in [2.75, 3.05) is 0 Å². The summed E-state index contributed by atoms with van der Waals surface area (Å²) in [7, 11) is 0. The summed E-state index contributed by atoms with van der Waals surface area (Å²) in [6, 6.07) is 13.6. The fourth-order valence-corrected chi connectivity index (χ4v) is 2.17. The van der Waals surface area contributed by atoms with Crippen molar-refractivity contribution in [1.29, 1.82) is 0 Å². The van der Waals surface area contributed by atoms with Crippen LogP contribution < -0.4 is 11.2 Å². The molecule has 2 heterocycles. The molecule has 0 atom stereocenters. The number of hydrogen-bond donors (Lipinski definition) is 2.